The highest BCUT2D eigenvalue weighted by atomic mass is 35.5. The fourth-order valence-corrected chi connectivity index (χ4v) is 2.53. The van der Waals surface area contributed by atoms with Crippen LogP contribution in [-0.4, -0.2) is 25.5 Å². The molecule has 0 atom stereocenters. The van der Waals surface area contributed by atoms with Gasteiger partial charge in [-0.25, -0.2) is 0 Å². The molecule has 2 nitrogen and oxygen atoms in total. The highest BCUT2D eigenvalue weighted by molar-refractivity contribution is 7.98. The third kappa shape index (κ3) is 5.41. The van der Waals surface area contributed by atoms with E-state index in [9.17, 15) is 0 Å². The van der Waals surface area contributed by atoms with Crippen LogP contribution in [0.2, 0.25) is 10.0 Å². The highest BCUT2D eigenvalue weighted by Gasteiger charge is 2.01. The summed E-state index contributed by atoms with van der Waals surface area (Å²) in [6.45, 7) is 1.93. The molecule has 0 aliphatic rings. The summed E-state index contributed by atoms with van der Waals surface area (Å²) in [4.78, 5) is 0. The van der Waals surface area contributed by atoms with E-state index < -0.39 is 0 Å². The minimum Gasteiger partial charge on any atom is -0.379 e. The Labute approximate surface area is 110 Å². The molecule has 0 radical (unpaired) electrons. The van der Waals surface area contributed by atoms with E-state index in [0.717, 1.165) is 28.7 Å². The van der Waals surface area contributed by atoms with Gasteiger partial charge in [0.15, 0.2) is 0 Å². The maximum atomic E-state index is 6.05. The molecule has 1 aromatic carbocycles. The molecule has 0 aromatic heterocycles. The summed E-state index contributed by atoms with van der Waals surface area (Å²) in [5, 5.41) is 1.40. The monoisotopic (exact) mass is 279 g/mol. The summed E-state index contributed by atoms with van der Waals surface area (Å²) in [5.41, 5.74) is 6.41. The number of thioether (sulfide) groups is 1. The maximum absolute atomic E-state index is 6.05. The van der Waals surface area contributed by atoms with Crippen LogP contribution in [0.1, 0.15) is 5.56 Å². The lowest BCUT2D eigenvalue weighted by Gasteiger charge is -2.05. The van der Waals surface area contributed by atoms with Crippen LogP contribution in [0, 0.1) is 0 Å². The molecular formula is C11H15Cl2NOS. The topological polar surface area (TPSA) is 35.2 Å². The SMILES string of the molecule is NCCOCCSCc1ccc(Cl)cc1Cl. The number of rotatable bonds is 7. The lowest BCUT2D eigenvalue weighted by molar-refractivity contribution is 0.158. The first-order chi connectivity index (χ1) is 7.74. The Morgan fingerprint density at radius 2 is 2.06 bits per heavy atom. The van der Waals surface area contributed by atoms with Crippen molar-refractivity contribution in [3.8, 4) is 0 Å². The average molecular weight is 280 g/mol. The Kier molecular flexibility index (Phi) is 7.25. The summed E-state index contributed by atoms with van der Waals surface area (Å²) >= 11 is 13.6. The van der Waals surface area contributed by atoms with Gasteiger partial charge in [0.1, 0.15) is 0 Å². The van der Waals surface area contributed by atoms with Gasteiger partial charge < -0.3 is 10.5 Å². The van der Waals surface area contributed by atoms with Crippen LogP contribution < -0.4 is 5.73 Å². The number of nitrogens with two attached hydrogens (primary N) is 1. The van der Waals surface area contributed by atoms with Crippen molar-refractivity contribution in [3.63, 3.8) is 0 Å². The Balaban J connectivity index is 2.21. The summed E-state index contributed by atoms with van der Waals surface area (Å²) in [6.07, 6.45) is 0. The molecule has 0 saturated heterocycles. The molecule has 0 spiro atoms. The zero-order chi connectivity index (χ0) is 11.8. The van der Waals surface area contributed by atoms with Crippen molar-refractivity contribution >= 4 is 35.0 Å². The zero-order valence-electron chi connectivity index (χ0n) is 8.92. The van der Waals surface area contributed by atoms with Gasteiger partial charge in [0, 0.05) is 28.1 Å². The van der Waals surface area contributed by atoms with Gasteiger partial charge in [-0.2, -0.15) is 11.8 Å². The van der Waals surface area contributed by atoms with Crippen molar-refractivity contribution in [1.82, 2.24) is 0 Å². The van der Waals surface area contributed by atoms with Crippen LogP contribution >= 0.6 is 35.0 Å². The van der Waals surface area contributed by atoms with Crippen LogP contribution in [-0.2, 0) is 10.5 Å². The summed E-state index contributed by atoms with van der Waals surface area (Å²) in [7, 11) is 0. The van der Waals surface area contributed by atoms with Gasteiger partial charge in [0.05, 0.1) is 13.2 Å². The molecule has 0 unspecified atom stereocenters. The van der Waals surface area contributed by atoms with Crippen molar-refractivity contribution in [2.75, 3.05) is 25.5 Å². The van der Waals surface area contributed by atoms with E-state index in [1.165, 1.54) is 0 Å². The van der Waals surface area contributed by atoms with Crippen molar-refractivity contribution in [2.24, 2.45) is 5.73 Å². The van der Waals surface area contributed by atoms with E-state index in [2.05, 4.69) is 0 Å². The van der Waals surface area contributed by atoms with Gasteiger partial charge in [0.25, 0.3) is 0 Å². The number of hydrogen-bond donors (Lipinski definition) is 1. The van der Waals surface area contributed by atoms with Crippen molar-refractivity contribution in [3.05, 3.63) is 33.8 Å². The Morgan fingerprint density at radius 3 is 2.75 bits per heavy atom. The molecule has 0 aliphatic heterocycles. The number of halogens is 2. The first-order valence-electron chi connectivity index (χ1n) is 5.03. The predicted octanol–water partition coefficient (Wildman–Crippen LogP) is 3.20. The molecule has 1 rings (SSSR count). The molecule has 16 heavy (non-hydrogen) atoms. The number of hydrogen-bond acceptors (Lipinski definition) is 3. The zero-order valence-corrected chi connectivity index (χ0v) is 11.2. The number of ether oxygens (including phenoxy) is 1. The molecule has 5 heteroatoms. The second-order valence-corrected chi connectivity index (χ2v) is 5.14. The van der Waals surface area contributed by atoms with E-state index in [4.69, 9.17) is 33.7 Å². The van der Waals surface area contributed by atoms with Gasteiger partial charge in [-0.15, -0.1) is 0 Å². The van der Waals surface area contributed by atoms with Crippen molar-refractivity contribution < 1.29 is 4.74 Å². The predicted molar refractivity (Wildman–Crippen MR) is 72.5 cm³/mol. The quantitative estimate of drug-likeness (QED) is 0.779. The van der Waals surface area contributed by atoms with Crippen LogP contribution in [0.15, 0.2) is 18.2 Å². The third-order valence-corrected chi connectivity index (χ3v) is 3.46. The third-order valence-electron chi connectivity index (χ3n) is 1.91. The standard InChI is InChI=1S/C11H15Cl2NOS/c12-10-2-1-9(11(13)7-10)8-16-6-5-15-4-3-14/h1-2,7H,3-6,8,14H2. The molecule has 0 heterocycles. The number of benzene rings is 1. The lowest BCUT2D eigenvalue weighted by atomic mass is 10.2. The Morgan fingerprint density at radius 1 is 1.25 bits per heavy atom. The van der Waals surface area contributed by atoms with E-state index in [-0.39, 0.29) is 0 Å². The second-order valence-electron chi connectivity index (χ2n) is 3.19. The lowest BCUT2D eigenvalue weighted by Crippen LogP contribution is -2.09. The van der Waals surface area contributed by atoms with Crippen molar-refractivity contribution in [2.45, 2.75) is 5.75 Å². The van der Waals surface area contributed by atoms with E-state index in [1.807, 2.05) is 12.1 Å². The summed E-state index contributed by atoms with van der Waals surface area (Å²) in [5.74, 6) is 1.82. The molecular weight excluding hydrogens is 265 g/mol. The van der Waals surface area contributed by atoms with Gasteiger partial charge in [-0.05, 0) is 17.7 Å². The van der Waals surface area contributed by atoms with Gasteiger partial charge in [0.2, 0.25) is 0 Å². The fraction of sp³-hybridized carbons (Fsp3) is 0.455. The molecule has 0 bridgehead atoms. The van der Waals surface area contributed by atoms with Gasteiger partial charge in [-0.3, -0.25) is 0 Å². The Hall–Kier alpha value is 0.0700. The second kappa shape index (κ2) is 8.20. The minimum absolute atomic E-state index is 0.577. The molecule has 0 fully saturated rings. The highest BCUT2D eigenvalue weighted by Crippen LogP contribution is 2.24. The van der Waals surface area contributed by atoms with Gasteiger partial charge >= 0.3 is 0 Å². The first kappa shape index (κ1) is 14.1. The van der Waals surface area contributed by atoms with Crippen LogP contribution in [0.3, 0.4) is 0 Å². The summed E-state index contributed by atoms with van der Waals surface area (Å²) < 4.78 is 5.27. The smallest absolute Gasteiger partial charge is 0.0589 e. The van der Waals surface area contributed by atoms with E-state index in [1.54, 1.807) is 17.8 Å². The van der Waals surface area contributed by atoms with Crippen LogP contribution in [0.5, 0.6) is 0 Å². The van der Waals surface area contributed by atoms with Crippen LogP contribution in [0.25, 0.3) is 0 Å². The largest absolute Gasteiger partial charge is 0.379 e. The first-order valence-corrected chi connectivity index (χ1v) is 6.94. The van der Waals surface area contributed by atoms with Gasteiger partial charge in [-0.1, -0.05) is 29.3 Å². The molecule has 0 aliphatic carbocycles. The normalized spacial score (nSPS) is 10.7. The van der Waals surface area contributed by atoms with Crippen LogP contribution in [0.4, 0.5) is 0 Å². The maximum Gasteiger partial charge on any atom is 0.0589 e. The molecule has 0 saturated carbocycles. The molecule has 90 valence electrons. The molecule has 1 aromatic rings. The van der Waals surface area contributed by atoms with E-state index in [0.29, 0.717) is 18.2 Å². The minimum atomic E-state index is 0.577. The van der Waals surface area contributed by atoms with E-state index >= 15 is 0 Å². The molecule has 2 N–H and O–H groups in total. The average Bonchev–Trinajstić information content (AvgIpc) is 2.26. The van der Waals surface area contributed by atoms with Crippen molar-refractivity contribution in [1.29, 1.82) is 0 Å². The molecule has 0 amide bonds. The summed E-state index contributed by atoms with van der Waals surface area (Å²) in [6, 6.07) is 5.58. The Bertz CT molecular complexity index is 323. The fourth-order valence-electron chi connectivity index (χ4n) is 1.12.